The second kappa shape index (κ2) is 5.27. The standard InChI is InChI=1S/C11H14NO2/c1-12(2)11-5-3-10(4-6-11)7-8-14-9-13/h3-6H,7-8H2,1-2H3. The number of carbonyl (C=O) groups excluding carboxylic acids is 1. The van der Waals surface area contributed by atoms with Crippen LogP contribution < -0.4 is 4.90 Å². The molecule has 0 saturated heterocycles. The topological polar surface area (TPSA) is 29.5 Å². The summed E-state index contributed by atoms with van der Waals surface area (Å²) in [5, 5.41) is 0. The second-order valence-corrected chi connectivity index (χ2v) is 3.24. The van der Waals surface area contributed by atoms with Gasteiger partial charge in [-0.1, -0.05) is 12.1 Å². The lowest BCUT2D eigenvalue weighted by Gasteiger charge is -2.12. The zero-order chi connectivity index (χ0) is 10.4. The van der Waals surface area contributed by atoms with E-state index >= 15 is 0 Å². The van der Waals surface area contributed by atoms with Crippen molar-refractivity contribution in [1.82, 2.24) is 0 Å². The highest BCUT2D eigenvalue weighted by Gasteiger charge is 1.96. The zero-order valence-corrected chi connectivity index (χ0v) is 8.49. The lowest BCUT2D eigenvalue weighted by atomic mass is 10.1. The van der Waals surface area contributed by atoms with Gasteiger partial charge < -0.3 is 9.64 Å². The average molecular weight is 192 g/mol. The molecule has 0 saturated carbocycles. The predicted molar refractivity (Wildman–Crippen MR) is 56.1 cm³/mol. The van der Waals surface area contributed by atoms with Crippen molar-refractivity contribution in [2.45, 2.75) is 6.42 Å². The smallest absolute Gasteiger partial charge is 0.417 e. The summed E-state index contributed by atoms with van der Waals surface area (Å²) in [6.07, 6.45) is 0.739. The summed E-state index contributed by atoms with van der Waals surface area (Å²) in [7, 11) is 4.00. The van der Waals surface area contributed by atoms with Crippen LogP contribution in [0, 0.1) is 0 Å². The monoisotopic (exact) mass is 192 g/mol. The number of nitrogens with zero attached hydrogens (tertiary/aromatic N) is 1. The Morgan fingerprint density at radius 3 is 2.43 bits per heavy atom. The van der Waals surface area contributed by atoms with E-state index in [9.17, 15) is 4.79 Å². The number of ether oxygens (including phenoxy) is 1. The van der Waals surface area contributed by atoms with Gasteiger partial charge in [0.25, 0.3) is 0 Å². The molecule has 75 valence electrons. The number of rotatable bonds is 5. The maximum Gasteiger partial charge on any atom is 0.417 e. The van der Waals surface area contributed by atoms with E-state index < -0.39 is 0 Å². The third-order valence-electron chi connectivity index (χ3n) is 2.00. The van der Waals surface area contributed by atoms with Crippen LogP contribution in [0.25, 0.3) is 0 Å². The van der Waals surface area contributed by atoms with Gasteiger partial charge in [0.15, 0.2) is 0 Å². The lowest BCUT2D eigenvalue weighted by molar-refractivity contribution is 0.282. The fourth-order valence-electron chi connectivity index (χ4n) is 1.17. The van der Waals surface area contributed by atoms with Gasteiger partial charge in [-0.15, -0.1) is 0 Å². The molecule has 1 aromatic rings. The van der Waals surface area contributed by atoms with Crippen LogP contribution in [-0.2, 0) is 16.0 Å². The minimum absolute atomic E-state index is 0.394. The molecule has 3 nitrogen and oxygen atoms in total. The van der Waals surface area contributed by atoms with Gasteiger partial charge in [0.2, 0.25) is 0 Å². The Labute approximate surface area is 84.3 Å². The van der Waals surface area contributed by atoms with Crippen molar-refractivity contribution >= 4 is 12.2 Å². The van der Waals surface area contributed by atoms with Crippen LogP contribution in [-0.4, -0.2) is 27.2 Å². The van der Waals surface area contributed by atoms with E-state index in [2.05, 4.69) is 4.74 Å². The van der Waals surface area contributed by atoms with E-state index in [1.807, 2.05) is 43.3 Å². The molecule has 0 amide bonds. The summed E-state index contributed by atoms with van der Waals surface area (Å²) in [5.74, 6) is 0. The van der Waals surface area contributed by atoms with Crippen molar-refractivity contribution in [2.24, 2.45) is 0 Å². The maximum atomic E-state index is 9.78. The van der Waals surface area contributed by atoms with Crippen molar-refractivity contribution in [3.8, 4) is 0 Å². The molecule has 0 heterocycles. The molecule has 3 heteroatoms. The van der Waals surface area contributed by atoms with Crippen LogP contribution >= 0.6 is 0 Å². The lowest BCUT2D eigenvalue weighted by Crippen LogP contribution is -2.08. The first-order chi connectivity index (χ1) is 6.74. The fraction of sp³-hybridized carbons (Fsp3) is 0.364. The molecule has 1 radical (unpaired) electrons. The first-order valence-corrected chi connectivity index (χ1v) is 4.49. The van der Waals surface area contributed by atoms with Gasteiger partial charge in [0.1, 0.15) is 0 Å². The van der Waals surface area contributed by atoms with Crippen LogP contribution in [0.2, 0.25) is 0 Å². The van der Waals surface area contributed by atoms with E-state index in [1.165, 1.54) is 6.47 Å². The highest BCUT2D eigenvalue weighted by Crippen LogP contribution is 2.12. The molecule has 0 aromatic heterocycles. The highest BCUT2D eigenvalue weighted by molar-refractivity contribution is 5.46. The molecule has 0 bridgehead atoms. The number of anilines is 1. The molecule has 0 aliphatic heterocycles. The van der Waals surface area contributed by atoms with Crippen LogP contribution in [0.15, 0.2) is 24.3 Å². The van der Waals surface area contributed by atoms with Crippen molar-refractivity contribution < 1.29 is 9.53 Å². The molecular weight excluding hydrogens is 178 g/mol. The second-order valence-electron chi connectivity index (χ2n) is 3.24. The SMILES string of the molecule is CN(C)c1ccc(CCO[C]=O)cc1. The van der Waals surface area contributed by atoms with Gasteiger partial charge in [0.05, 0.1) is 6.61 Å². The van der Waals surface area contributed by atoms with Gasteiger partial charge in [-0.2, -0.15) is 0 Å². The Bertz CT molecular complexity index is 280. The largest absolute Gasteiger partial charge is 0.457 e. The highest BCUT2D eigenvalue weighted by atomic mass is 16.5. The first-order valence-electron chi connectivity index (χ1n) is 4.49. The van der Waals surface area contributed by atoms with Crippen LogP contribution in [0.5, 0.6) is 0 Å². The Hall–Kier alpha value is -1.51. The molecule has 1 aromatic carbocycles. The van der Waals surface area contributed by atoms with Gasteiger partial charge in [-0.3, -0.25) is 0 Å². The van der Waals surface area contributed by atoms with E-state index in [0.717, 1.165) is 17.7 Å². The third kappa shape index (κ3) is 3.09. The van der Waals surface area contributed by atoms with E-state index in [1.54, 1.807) is 0 Å². The zero-order valence-electron chi connectivity index (χ0n) is 8.49. The molecule has 0 aliphatic carbocycles. The van der Waals surface area contributed by atoms with Crippen molar-refractivity contribution in [1.29, 1.82) is 0 Å². The quantitative estimate of drug-likeness (QED) is 0.660. The average Bonchev–Trinajstić information content (AvgIpc) is 2.19. The minimum atomic E-state index is 0.394. The molecule has 0 atom stereocenters. The Morgan fingerprint density at radius 1 is 1.29 bits per heavy atom. The number of hydrogen-bond acceptors (Lipinski definition) is 3. The van der Waals surface area contributed by atoms with Crippen LogP contribution in [0.1, 0.15) is 5.56 Å². The Kier molecular flexibility index (Phi) is 3.98. The fourth-order valence-corrected chi connectivity index (χ4v) is 1.17. The summed E-state index contributed by atoms with van der Waals surface area (Å²) in [6.45, 7) is 1.80. The molecule has 14 heavy (non-hydrogen) atoms. The molecule has 0 unspecified atom stereocenters. The normalized spacial score (nSPS) is 9.57. The van der Waals surface area contributed by atoms with Gasteiger partial charge in [-0.25, -0.2) is 4.79 Å². The van der Waals surface area contributed by atoms with Crippen molar-refractivity contribution in [3.63, 3.8) is 0 Å². The van der Waals surface area contributed by atoms with E-state index in [0.29, 0.717) is 6.61 Å². The maximum absolute atomic E-state index is 9.78. The predicted octanol–water partition coefficient (Wildman–Crippen LogP) is 1.38. The molecule has 0 fully saturated rings. The van der Waals surface area contributed by atoms with E-state index in [-0.39, 0.29) is 0 Å². The molecule has 1 rings (SSSR count). The Morgan fingerprint density at radius 2 is 1.93 bits per heavy atom. The summed E-state index contributed by atoms with van der Waals surface area (Å²) in [5.41, 5.74) is 2.32. The van der Waals surface area contributed by atoms with Gasteiger partial charge in [0, 0.05) is 26.2 Å². The number of hydrogen-bond donors (Lipinski definition) is 0. The molecule has 0 N–H and O–H groups in total. The van der Waals surface area contributed by atoms with Crippen LogP contribution in [0.4, 0.5) is 5.69 Å². The molecule has 0 spiro atoms. The Balaban J connectivity index is 2.51. The van der Waals surface area contributed by atoms with Crippen LogP contribution in [0.3, 0.4) is 0 Å². The third-order valence-corrected chi connectivity index (χ3v) is 2.00. The minimum Gasteiger partial charge on any atom is -0.457 e. The molecular formula is C11H14NO2. The van der Waals surface area contributed by atoms with Crippen molar-refractivity contribution in [3.05, 3.63) is 29.8 Å². The first kappa shape index (κ1) is 10.6. The molecule has 0 aliphatic rings. The summed E-state index contributed by atoms with van der Waals surface area (Å²) in [6, 6.07) is 8.15. The number of benzene rings is 1. The summed E-state index contributed by atoms with van der Waals surface area (Å²) < 4.78 is 4.50. The summed E-state index contributed by atoms with van der Waals surface area (Å²) >= 11 is 0. The van der Waals surface area contributed by atoms with E-state index in [4.69, 9.17) is 0 Å². The van der Waals surface area contributed by atoms with Crippen molar-refractivity contribution in [2.75, 3.05) is 25.6 Å². The van der Waals surface area contributed by atoms with Gasteiger partial charge in [-0.05, 0) is 17.7 Å². The van der Waals surface area contributed by atoms with Gasteiger partial charge >= 0.3 is 6.47 Å². The summed E-state index contributed by atoms with van der Waals surface area (Å²) in [4.78, 5) is 11.8.